The van der Waals surface area contributed by atoms with E-state index in [9.17, 15) is 17.6 Å². The van der Waals surface area contributed by atoms with E-state index in [1.54, 1.807) is 12.4 Å². The Hall–Kier alpha value is -2.52. The number of rotatable bonds is 5. The topological polar surface area (TPSA) is 54.0 Å². The highest BCUT2D eigenvalue weighted by molar-refractivity contribution is 5.76. The van der Waals surface area contributed by atoms with Crippen molar-refractivity contribution in [3.63, 3.8) is 0 Å². The summed E-state index contributed by atoms with van der Waals surface area (Å²) in [5.41, 5.74) is 0.928. The van der Waals surface area contributed by atoms with Crippen LogP contribution in [0.3, 0.4) is 0 Å². The SMILES string of the molecule is FC1CN(Cc2cccnc2)CC1OCc1nc2ccc(C(F)(F)F)cc2[nH]1. The summed E-state index contributed by atoms with van der Waals surface area (Å²) in [6.07, 6.45) is -2.75. The van der Waals surface area contributed by atoms with Gasteiger partial charge in [0, 0.05) is 32.0 Å². The predicted molar refractivity (Wildman–Crippen MR) is 94.1 cm³/mol. The summed E-state index contributed by atoms with van der Waals surface area (Å²) >= 11 is 0. The molecule has 5 nitrogen and oxygen atoms in total. The number of hydrogen-bond acceptors (Lipinski definition) is 4. The Balaban J connectivity index is 1.37. The van der Waals surface area contributed by atoms with Crippen LogP contribution in [-0.2, 0) is 24.1 Å². The monoisotopic (exact) mass is 394 g/mol. The summed E-state index contributed by atoms with van der Waals surface area (Å²) < 4.78 is 58.3. The molecule has 1 fully saturated rings. The lowest BCUT2D eigenvalue weighted by atomic mass is 10.2. The van der Waals surface area contributed by atoms with Crippen molar-refractivity contribution in [2.75, 3.05) is 13.1 Å². The van der Waals surface area contributed by atoms with Gasteiger partial charge in [0.25, 0.3) is 0 Å². The van der Waals surface area contributed by atoms with E-state index in [1.165, 1.54) is 6.07 Å². The number of H-pyrrole nitrogens is 1. The summed E-state index contributed by atoms with van der Waals surface area (Å²) in [5, 5.41) is 0. The molecule has 3 heterocycles. The number of benzene rings is 1. The number of alkyl halides is 4. The number of hydrogen-bond donors (Lipinski definition) is 1. The first kappa shape index (κ1) is 18.8. The van der Waals surface area contributed by atoms with Gasteiger partial charge in [0.1, 0.15) is 24.7 Å². The quantitative estimate of drug-likeness (QED) is 0.671. The second kappa shape index (κ2) is 7.48. The lowest BCUT2D eigenvalue weighted by molar-refractivity contribution is -0.137. The van der Waals surface area contributed by atoms with Gasteiger partial charge in [-0.15, -0.1) is 0 Å². The number of nitrogens with one attached hydrogen (secondary N) is 1. The van der Waals surface area contributed by atoms with Crippen molar-refractivity contribution >= 4 is 11.0 Å². The first-order chi connectivity index (χ1) is 13.4. The Morgan fingerprint density at radius 3 is 2.82 bits per heavy atom. The zero-order chi connectivity index (χ0) is 19.7. The highest BCUT2D eigenvalue weighted by Crippen LogP contribution is 2.31. The lowest BCUT2D eigenvalue weighted by Crippen LogP contribution is -2.24. The molecule has 1 N–H and O–H groups in total. The van der Waals surface area contributed by atoms with Crippen LogP contribution in [0.15, 0.2) is 42.7 Å². The fourth-order valence-corrected chi connectivity index (χ4v) is 3.34. The van der Waals surface area contributed by atoms with Gasteiger partial charge in [-0.3, -0.25) is 9.88 Å². The van der Waals surface area contributed by atoms with E-state index < -0.39 is 24.0 Å². The molecular weight excluding hydrogens is 376 g/mol. The number of nitrogens with zero attached hydrogens (tertiary/aromatic N) is 3. The summed E-state index contributed by atoms with van der Waals surface area (Å²) in [6, 6.07) is 7.06. The second-order valence-corrected chi connectivity index (χ2v) is 6.83. The Morgan fingerprint density at radius 1 is 1.21 bits per heavy atom. The van der Waals surface area contributed by atoms with E-state index in [2.05, 4.69) is 15.0 Å². The highest BCUT2D eigenvalue weighted by atomic mass is 19.4. The molecule has 1 aliphatic heterocycles. The van der Waals surface area contributed by atoms with Gasteiger partial charge in [-0.1, -0.05) is 6.07 Å². The van der Waals surface area contributed by atoms with E-state index in [4.69, 9.17) is 4.74 Å². The standard InChI is InChI=1S/C19H18F4N4O/c20-14-9-27(8-12-2-1-5-24-7-12)10-17(14)28-11-18-25-15-4-3-13(19(21,22)23)6-16(15)26-18/h1-7,14,17H,8-11H2,(H,25,26). The lowest BCUT2D eigenvalue weighted by Gasteiger charge is -2.15. The van der Waals surface area contributed by atoms with Crippen LogP contribution < -0.4 is 0 Å². The van der Waals surface area contributed by atoms with E-state index >= 15 is 0 Å². The second-order valence-electron chi connectivity index (χ2n) is 6.83. The van der Waals surface area contributed by atoms with E-state index in [1.807, 2.05) is 17.0 Å². The van der Waals surface area contributed by atoms with Crippen molar-refractivity contribution in [2.24, 2.45) is 0 Å². The van der Waals surface area contributed by atoms with Gasteiger partial charge >= 0.3 is 6.18 Å². The largest absolute Gasteiger partial charge is 0.416 e. The van der Waals surface area contributed by atoms with Crippen molar-refractivity contribution in [3.8, 4) is 0 Å². The zero-order valence-corrected chi connectivity index (χ0v) is 14.8. The Bertz CT molecular complexity index is 944. The normalized spacial score (nSPS) is 20.9. The molecule has 2 aromatic heterocycles. The third-order valence-electron chi connectivity index (χ3n) is 4.70. The minimum atomic E-state index is -4.42. The third kappa shape index (κ3) is 4.15. The van der Waals surface area contributed by atoms with Crippen molar-refractivity contribution < 1.29 is 22.3 Å². The van der Waals surface area contributed by atoms with Crippen LogP contribution >= 0.6 is 0 Å². The summed E-state index contributed by atoms with van der Waals surface area (Å²) in [5.74, 6) is 0.368. The smallest absolute Gasteiger partial charge is 0.366 e. The molecule has 0 bridgehead atoms. The van der Waals surface area contributed by atoms with Crippen LogP contribution in [0.25, 0.3) is 11.0 Å². The van der Waals surface area contributed by atoms with E-state index in [0.717, 1.165) is 17.7 Å². The Kier molecular flexibility index (Phi) is 5.03. The molecule has 0 aliphatic carbocycles. The molecule has 3 aromatic rings. The van der Waals surface area contributed by atoms with Gasteiger partial charge in [-0.05, 0) is 29.8 Å². The number of halogens is 4. The molecule has 1 saturated heterocycles. The summed E-state index contributed by atoms with van der Waals surface area (Å²) in [6.45, 7) is 1.27. The summed E-state index contributed by atoms with van der Waals surface area (Å²) in [7, 11) is 0. The molecule has 0 amide bonds. The number of aromatic amines is 1. The average Bonchev–Trinajstić information content (AvgIpc) is 3.22. The fraction of sp³-hybridized carbons (Fsp3) is 0.368. The number of fused-ring (bicyclic) bond motifs is 1. The zero-order valence-electron chi connectivity index (χ0n) is 14.8. The molecule has 2 unspecified atom stereocenters. The number of imidazole rings is 1. The minimum Gasteiger partial charge on any atom is -0.366 e. The van der Waals surface area contributed by atoms with Crippen molar-refractivity contribution in [2.45, 2.75) is 31.6 Å². The molecule has 0 radical (unpaired) electrons. The highest BCUT2D eigenvalue weighted by Gasteiger charge is 2.34. The summed E-state index contributed by atoms with van der Waals surface area (Å²) in [4.78, 5) is 13.0. The Morgan fingerprint density at radius 2 is 2.07 bits per heavy atom. The average molecular weight is 394 g/mol. The molecule has 148 valence electrons. The predicted octanol–water partition coefficient (Wildman–Crippen LogP) is 3.72. The van der Waals surface area contributed by atoms with Crippen LogP contribution in [0, 0.1) is 0 Å². The van der Waals surface area contributed by atoms with E-state index in [-0.39, 0.29) is 18.7 Å². The van der Waals surface area contributed by atoms with Gasteiger partial charge in [-0.25, -0.2) is 9.37 Å². The van der Waals surface area contributed by atoms with Gasteiger partial charge < -0.3 is 9.72 Å². The van der Waals surface area contributed by atoms with Gasteiger partial charge in [-0.2, -0.15) is 13.2 Å². The minimum absolute atomic E-state index is 0.00184. The van der Waals surface area contributed by atoms with Crippen molar-refractivity contribution in [1.82, 2.24) is 19.9 Å². The molecule has 9 heteroatoms. The van der Waals surface area contributed by atoms with Crippen LogP contribution in [0.1, 0.15) is 17.0 Å². The number of aromatic nitrogens is 3. The molecule has 2 atom stereocenters. The molecule has 4 rings (SSSR count). The van der Waals surface area contributed by atoms with E-state index in [0.29, 0.717) is 24.4 Å². The third-order valence-corrected chi connectivity index (χ3v) is 4.70. The first-order valence-electron chi connectivity index (χ1n) is 8.81. The van der Waals surface area contributed by atoms with Crippen LogP contribution in [0.2, 0.25) is 0 Å². The first-order valence-corrected chi connectivity index (χ1v) is 8.81. The van der Waals surface area contributed by atoms with Crippen molar-refractivity contribution in [1.29, 1.82) is 0 Å². The Labute approximate surface area is 158 Å². The molecule has 1 aliphatic rings. The number of ether oxygens (including phenoxy) is 1. The van der Waals surface area contributed by atoms with Gasteiger partial charge in [0.05, 0.1) is 16.6 Å². The fourth-order valence-electron chi connectivity index (χ4n) is 3.34. The molecule has 0 saturated carbocycles. The van der Waals surface area contributed by atoms with Gasteiger partial charge in [0.2, 0.25) is 0 Å². The van der Waals surface area contributed by atoms with Crippen LogP contribution in [0.4, 0.5) is 17.6 Å². The number of likely N-dealkylation sites (tertiary alicyclic amines) is 1. The molecular formula is C19H18F4N4O. The van der Waals surface area contributed by atoms with Crippen LogP contribution in [-0.4, -0.2) is 45.2 Å². The van der Waals surface area contributed by atoms with Crippen molar-refractivity contribution in [3.05, 3.63) is 59.7 Å². The maximum atomic E-state index is 14.3. The maximum absolute atomic E-state index is 14.3. The maximum Gasteiger partial charge on any atom is 0.416 e. The molecule has 1 aromatic carbocycles. The molecule has 28 heavy (non-hydrogen) atoms. The molecule has 0 spiro atoms. The van der Waals surface area contributed by atoms with Gasteiger partial charge in [0.15, 0.2) is 0 Å². The number of pyridine rings is 1. The van der Waals surface area contributed by atoms with Crippen LogP contribution in [0.5, 0.6) is 0 Å².